The van der Waals surface area contributed by atoms with Crippen molar-refractivity contribution in [3.8, 4) is 0 Å². The molecule has 0 aliphatic rings. The van der Waals surface area contributed by atoms with Crippen molar-refractivity contribution in [2.24, 2.45) is 0 Å². The highest BCUT2D eigenvalue weighted by Gasteiger charge is 2.20. The molecule has 0 fully saturated rings. The van der Waals surface area contributed by atoms with E-state index in [0.29, 0.717) is 12.3 Å². The van der Waals surface area contributed by atoms with Crippen molar-refractivity contribution >= 4 is 10.2 Å². The first-order valence-corrected chi connectivity index (χ1v) is 4.66. The molecule has 0 N–H and O–H groups in total. The van der Waals surface area contributed by atoms with Gasteiger partial charge in [-0.3, -0.25) is 9.36 Å². The number of hydrogen-bond donors (Lipinski definition) is 0. The maximum absolute atomic E-state index is 12.3. The Morgan fingerprint density at radius 2 is 1.93 bits per heavy atom. The van der Waals surface area contributed by atoms with Gasteiger partial charge in [-0.2, -0.15) is 17.2 Å². The van der Waals surface area contributed by atoms with Crippen LogP contribution >= 0.6 is 0 Å². The van der Waals surface area contributed by atoms with E-state index in [4.69, 9.17) is 0 Å². The molecule has 0 aliphatic carbocycles. The average Bonchev–Trinajstić information content (AvgIpc) is 2.01. The second-order valence-corrected chi connectivity index (χ2v) is 3.62. The Balaban J connectivity index is 3.52. The lowest BCUT2D eigenvalue weighted by Gasteiger charge is -2.03. The van der Waals surface area contributed by atoms with Gasteiger partial charge in [-0.1, -0.05) is 0 Å². The van der Waals surface area contributed by atoms with E-state index in [2.05, 4.69) is 0 Å². The fourth-order valence-electron chi connectivity index (χ4n) is 0.829. The molecule has 1 aromatic heterocycles. The molecule has 14 heavy (non-hydrogen) atoms. The molecule has 0 saturated carbocycles. The van der Waals surface area contributed by atoms with Crippen LogP contribution in [0, 0.1) is 0 Å². The van der Waals surface area contributed by atoms with Crippen LogP contribution in [-0.4, -0.2) is 13.0 Å². The van der Waals surface area contributed by atoms with Crippen LogP contribution in [0.15, 0.2) is 28.0 Å². The summed E-state index contributed by atoms with van der Waals surface area (Å²) >= 11 is 0. The van der Waals surface area contributed by atoms with E-state index < -0.39 is 27.2 Å². The number of hydrogen-bond acceptors (Lipinski definition) is 3. The molecule has 8 heteroatoms. The lowest BCUT2D eigenvalue weighted by molar-refractivity contribution is 0.0653. The number of pyridine rings is 1. The van der Waals surface area contributed by atoms with Crippen LogP contribution in [0.4, 0.5) is 12.7 Å². The number of rotatable bonds is 2. The summed E-state index contributed by atoms with van der Waals surface area (Å²) in [5.41, 5.74) is -1.58. The summed E-state index contributed by atoms with van der Waals surface area (Å²) in [4.78, 5) is 9.63. The Labute approximate surface area is 76.8 Å². The van der Waals surface area contributed by atoms with Crippen molar-refractivity contribution in [2.45, 2.75) is 11.4 Å². The lowest BCUT2D eigenvalue weighted by atomic mass is 10.5. The third-order valence-electron chi connectivity index (χ3n) is 1.41. The first-order valence-electron chi connectivity index (χ1n) is 3.28. The smallest absolute Gasteiger partial charge is 0.268 e. The van der Waals surface area contributed by atoms with Gasteiger partial charge in [0.15, 0.2) is 4.90 Å². The molecule has 78 valence electrons. The van der Waals surface area contributed by atoms with E-state index in [9.17, 15) is 25.9 Å². The molecule has 0 atom stereocenters. The normalized spacial score (nSPS) is 12.0. The molecule has 1 aromatic rings. The third-order valence-corrected chi connectivity index (χ3v) is 2.25. The Kier molecular flexibility index (Phi) is 2.65. The molecule has 1 heterocycles. The molecular weight excluding hydrogens is 223 g/mol. The molecule has 0 radical (unpaired) electrons. The van der Waals surface area contributed by atoms with E-state index in [-0.39, 0.29) is 4.57 Å². The molecule has 0 bridgehead atoms. The second-order valence-electron chi connectivity index (χ2n) is 2.30. The van der Waals surface area contributed by atoms with Crippen LogP contribution in [0.1, 0.15) is 6.55 Å². The van der Waals surface area contributed by atoms with E-state index in [0.717, 1.165) is 6.07 Å². The zero-order valence-electron chi connectivity index (χ0n) is 6.52. The van der Waals surface area contributed by atoms with Gasteiger partial charge in [-0.15, -0.1) is 3.89 Å². The Morgan fingerprint density at radius 3 is 2.36 bits per heavy atom. The topological polar surface area (TPSA) is 56.1 Å². The highest BCUT2D eigenvalue weighted by molar-refractivity contribution is 7.86. The van der Waals surface area contributed by atoms with Gasteiger partial charge in [0.1, 0.15) is 0 Å². The molecule has 0 aliphatic heterocycles. The molecule has 4 nitrogen and oxygen atoms in total. The molecule has 0 amide bonds. The second kappa shape index (κ2) is 3.45. The van der Waals surface area contributed by atoms with Crippen molar-refractivity contribution in [1.29, 1.82) is 0 Å². The Bertz CT molecular complexity index is 493. The molecule has 0 spiro atoms. The monoisotopic (exact) mass is 227 g/mol. The molecular formula is C6H4F3NO3S. The minimum Gasteiger partial charge on any atom is -0.268 e. The van der Waals surface area contributed by atoms with Crippen LogP contribution in [0.2, 0.25) is 0 Å². The van der Waals surface area contributed by atoms with Gasteiger partial charge in [0, 0.05) is 6.20 Å². The minimum absolute atomic E-state index is 0.174. The summed E-state index contributed by atoms with van der Waals surface area (Å²) in [6, 6.07) is 1.47. The average molecular weight is 227 g/mol. The van der Waals surface area contributed by atoms with Crippen LogP contribution in [-0.2, 0) is 10.2 Å². The van der Waals surface area contributed by atoms with Crippen LogP contribution < -0.4 is 5.56 Å². The number of nitrogens with zero attached hydrogens (tertiary/aromatic N) is 1. The number of alkyl halides is 2. The predicted molar refractivity (Wildman–Crippen MR) is 40.2 cm³/mol. The fourth-order valence-corrected chi connectivity index (χ4v) is 1.38. The van der Waals surface area contributed by atoms with Crippen molar-refractivity contribution in [3.05, 3.63) is 28.7 Å². The van der Waals surface area contributed by atoms with Gasteiger partial charge >= 0.3 is 16.8 Å². The van der Waals surface area contributed by atoms with Crippen molar-refractivity contribution in [2.75, 3.05) is 0 Å². The molecule has 1 rings (SSSR count). The van der Waals surface area contributed by atoms with Gasteiger partial charge in [-0.25, -0.2) is 0 Å². The van der Waals surface area contributed by atoms with Gasteiger partial charge < -0.3 is 0 Å². The first-order chi connectivity index (χ1) is 6.34. The number of aromatic nitrogens is 1. The summed E-state index contributed by atoms with van der Waals surface area (Å²) in [5.74, 6) is 0. The van der Waals surface area contributed by atoms with Gasteiger partial charge in [0.2, 0.25) is 0 Å². The summed E-state index contributed by atoms with van der Waals surface area (Å²) < 4.78 is 56.9. The molecule has 0 aromatic carbocycles. The minimum atomic E-state index is -5.26. The Hall–Kier alpha value is -1.31. The lowest BCUT2D eigenvalue weighted by Crippen LogP contribution is -2.24. The highest BCUT2D eigenvalue weighted by atomic mass is 32.3. The summed E-state index contributed by atoms with van der Waals surface area (Å²) in [6.45, 7) is -3.20. The van der Waals surface area contributed by atoms with Crippen LogP contribution in [0.3, 0.4) is 0 Å². The zero-order valence-corrected chi connectivity index (χ0v) is 7.34. The highest BCUT2D eigenvalue weighted by Crippen LogP contribution is 2.10. The zero-order chi connectivity index (χ0) is 10.9. The first kappa shape index (κ1) is 10.8. The van der Waals surface area contributed by atoms with Gasteiger partial charge in [0.05, 0.1) is 0 Å². The van der Waals surface area contributed by atoms with Crippen molar-refractivity contribution in [3.63, 3.8) is 0 Å². The van der Waals surface area contributed by atoms with Gasteiger partial charge in [0.25, 0.3) is 5.56 Å². The summed E-state index contributed by atoms with van der Waals surface area (Å²) in [6.07, 6.45) is 0.668. The maximum atomic E-state index is 12.3. The predicted octanol–water partition coefficient (Wildman–Crippen LogP) is 0.902. The summed E-state index contributed by atoms with van der Waals surface area (Å²) in [5, 5.41) is 0. The van der Waals surface area contributed by atoms with E-state index in [1.807, 2.05) is 0 Å². The molecule has 0 unspecified atom stereocenters. The quantitative estimate of drug-likeness (QED) is 0.705. The van der Waals surface area contributed by atoms with Gasteiger partial charge in [-0.05, 0) is 12.1 Å². The van der Waals surface area contributed by atoms with Crippen LogP contribution in [0.25, 0.3) is 0 Å². The third kappa shape index (κ3) is 1.95. The number of halogens is 3. The van der Waals surface area contributed by atoms with Crippen LogP contribution in [0.5, 0.6) is 0 Å². The largest absolute Gasteiger partial charge is 0.337 e. The fraction of sp³-hybridized carbons (Fsp3) is 0.167. The Morgan fingerprint density at radius 1 is 1.36 bits per heavy atom. The maximum Gasteiger partial charge on any atom is 0.337 e. The van der Waals surface area contributed by atoms with E-state index in [1.54, 1.807) is 0 Å². The summed E-state index contributed by atoms with van der Waals surface area (Å²) in [7, 11) is -5.26. The van der Waals surface area contributed by atoms with Crippen molar-refractivity contribution in [1.82, 2.24) is 4.57 Å². The van der Waals surface area contributed by atoms with Crippen molar-refractivity contribution < 1.29 is 21.1 Å². The van der Waals surface area contributed by atoms with E-state index >= 15 is 0 Å². The molecule has 0 saturated heterocycles. The van der Waals surface area contributed by atoms with E-state index in [1.165, 1.54) is 0 Å². The SMILES string of the molecule is O=c1c(S(=O)(=O)F)cccn1C(F)F. The standard InChI is InChI=1S/C6H4F3NO3S/c7-6(8)10-3-1-2-4(5(10)11)14(9,12)13/h1-3,6H.